The van der Waals surface area contributed by atoms with Gasteiger partial charge in [-0.2, -0.15) is 5.10 Å². The molecule has 0 spiro atoms. The van der Waals surface area contributed by atoms with Crippen LogP contribution in [0, 0.1) is 19.7 Å². The topological polar surface area (TPSA) is 46.4 Å². The predicted molar refractivity (Wildman–Crippen MR) is 106 cm³/mol. The number of amides is 1. The van der Waals surface area contributed by atoms with Crippen LogP contribution in [0.4, 0.5) is 4.39 Å². The van der Waals surface area contributed by atoms with Gasteiger partial charge in [0.1, 0.15) is 5.82 Å². The Kier molecular flexibility index (Phi) is 5.50. The van der Waals surface area contributed by atoms with E-state index in [9.17, 15) is 9.18 Å². The van der Waals surface area contributed by atoms with Crippen LogP contribution in [0.2, 0.25) is 0 Å². The molecule has 4 nitrogen and oxygen atoms in total. The maximum absolute atomic E-state index is 13.2. The molecule has 1 heterocycles. The third-order valence-corrected chi connectivity index (χ3v) is 4.54. The van der Waals surface area contributed by atoms with Crippen LogP contribution in [0.5, 0.6) is 0 Å². The Morgan fingerprint density at radius 2 is 1.93 bits per heavy atom. The van der Waals surface area contributed by atoms with Gasteiger partial charge in [-0.05, 0) is 56.2 Å². The number of hydrazone groups is 1. The lowest BCUT2D eigenvalue weighted by molar-refractivity contribution is 0.0954. The summed E-state index contributed by atoms with van der Waals surface area (Å²) in [6.07, 6.45) is 2.56. The molecule has 27 heavy (non-hydrogen) atoms. The second kappa shape index (κ2) is 7.99. The summed E-state index contributed by atoms with van der Waals surface area (Å²) < 4.78 is 15.4. The van der Waals surface area contributed by atoms with Crippen LogP contribution in [0.3, 0.4) is 0 Å². The van der Waals surface area contributed by atoms with E-state index in [1.807, 2.05) is 32.0 Å². The van der Waals surface area contributed by atoms with Crippen LogP contribution in [0.15, 0.2) is 59.7 Å². The van der Waals surface area contributed by atoms with Gasteiger partial charge >= 0.3 is 0 Å². The lowest BCUT2D eigenvalue weighted by Crippen LogP contribution is -2.17. The Balaban J connectivity index is 1.82. The standard InChI is InChI=1S/C22H22FN3O/c1-4-17-8-5-6-11-21(17)26-15(2)12-19(16(26)3)14-24-25-22(27)18-9-7-10-20(23)13-18/h5-14H,4H2,1-3H3,(H,25,27)/b24-14-. The number of aromatic nitrogens is 1. The van der Waals surface area contributed by atoms with Crippen molar-refractivity contribution in [1.29, 1.82) is 0 Å². The normalized spacial score (nSPS) is 11.1. The molecule has 0 aliphatic heterocycles. The zero-order valence-electron chi connectivity index (χ0n) is 15.7. The number of nitrogens with one attached hydrogen (secondary N) is 1. The minimum absolute atomic E-state index is 0.231. The molecule has 3 aromatic rings. The molecule has 138 valence electrons. The van der Waals surface area contributed by atoms with Crippen LogP contribution in [0.1, 0.15) is 39.8 Å². The highest BCUT2D eigenvalue weighted by atomic mass is 19.1. The number of halogens is 1. The molecular formula is C22H22FN3O. The number of carbonyl (C=O) groups excluding carboxylic acids is 1. The molecule has 0 unspecified atom stereocenters. The third kappa shape index (κ3) is 3.97. The first-order chi connectivity index (χ1) is 13.0. The number of carbonyl (C=O) groups is 1. The Hall–Kier alpha value is -3.21. The lowest BCUT2D eigenvalue weighted by Gasteiger charge is -2.13. The van der Waals surface area contributed by atoms with Crippen LogP contribution in [-0.4, -0.2) is 16.7 Å². The Bertz CT molecular complexity index is 1000. The van der Waals surface area contributed by atoms with E-state index >= 15 is 0 Å². The predicted octanol–water partition coefficient (Wildman–Crippen LogP) is 4.56. The largest absolute Gasteiger partial charge is 0.318 e. The van der Waals surface area contributed by atoms with Crippen molar-refractivity contribution in [2.24, 2.45) is 5.10 Å². The van der Waals surface area contributed by atoms with E-state index in [2.05, 4.69) is 34.2 Å². The monoisotopic (exact) mass is 363 g/mol. The van der Waals surface area contributed by atoms with Gasteiger partial charge in [0.25, 0.3) is 5.91 Å². The van der Waals surface area contributed by atoms with E-state index in [1.54, 1.807) is 12.3 Å². The van der Waals surface area contributed by atoms with E-state index < -0.39 is 11.7 Å². The fraction of sp³-hybridized carbons (Fsp3) is 0.182. The van der Waals surface area contributed by atoms with Gasteiger partial charge in [-0.15, -0.1) is 0 Å². The van der Waals surface area contributed by atoms with Crippen molar-refractivity contribution in [1.82, 2.24) is 9.99 Å². The van der Waals surface area contributed by atoms with Crippen LogP contribution >= 0.6 is 0 Å². The van der Waals surface area contributed by atoms with E-state index in [-0.39, 0.29) is 5.56 Å². The third-order valence-electron chi connectivity index (χ3n) is 4.54. The van der Waals surface area contributed by atoms with E-state index in [4.69, 9.17) is 0 Å². The Morgan fingerprint density at radius 1 is 1.15 bits per heavy atom. The summed E-state index contributed by atoms with van der Waals surface area (Å²) >= 11 is 0. The molecule has 1 amide bonds. The van der Waals surface area contributed by atoms with Gasteiger partial charge in [0, 0.05) is 28.2 Å². The van der Waals surface area contributed by atoms with E-state index in [1.165, 1.54) is 23.8 Å². The number of hydrogen-bond donors (Lipinski definition) is 1. The summed E-state index contributed by atoms with van der Waals surface area (Å²) in [4.78, 5) is 12.1. The Labute approximate surface area is 158 Å². The fourth-order valence-electron chi connectivity index (χ4n) is 3.17. The first-order valence-electron chi connectivity index (χ1n) is 8.87. The molecule has 1 aromatic heterocycles. The Morgan fingerprint density at radius 3 is 2.67 bits per heavy atom. The second-order valence-electron chi connectivity index (χ2n) is 6.35. The molecule has 2 aromatic carbocycles. The molecule has 1 N–H and O–H groups in total. The molecular weight excluding hydrogens is 341 g/mol. The van der Waals surface area contributed by atoms with Crippen molar-refractivity contribution in [3.05, 3.63) is 88.5 Å². The van der Waals surface area contributed by atoms with Crippen LogP contribution in [-0.2, 0) is 6.42 Å². The highest BCUT2D eigenvalue weighted by Gasteiger charge is 2.12. The highest BCUT2D eigenvalue weighted by Crippen LogP contribution is 2.23. The van der Waals surface area contributed by atoms with Gasteiger partial charge in [0.15, 0.2) is 0 Å². The number of nitrogens with zero attached hydrogens (tertiary/aromatic N) is 2. The van der Waals surface area contributed by atoms with E-state index in [0.29, 0.717) is 0 Å². The number of hydrogen-bond acceptors (Lipinski definition) is 2. The van der Waals surface area contributed by atoms with Gasteiger partial charge in [-0.3, -0.25) is 4.79 Å². The minimum Gasteiger partial charge on any atom is -0.318 e. The van der Waals surface area contributed by atoms with Gasteiger partial charge in [0.2, 0.25) is 0 Å². The summed E-state index contributed by atoms with van der Waals surface area (Å²) in [7, 11) is 0. The van der Waals surface area contributed by atoms with E-state index in [0.717, 1.165) is 29.1 Å². The van der Waals surface area contributed by atoms with Crippen molar-refractivity contribution < 1.29 is 9.18 Å². The maximum atomic E-state index is 13.2. The average Bonchev–Trinajstić information content (AvgIpc) is 2.95. The molecule has 0 fully saturated rings. The summed E-state index contributed by atoms with van der Waals surface area (Å²) in [5.41, 5.74) is 8.14. The zero-order valence-corrected chi connectivity index (χ0v) is 15.7. The summed E-state index contributed by atoms with van der Waals surface area (Å²) in [6, 6.07) is 15.8. The van der Waals surface area contributed by atoms with Crippen LogP contribution in [0.25, 0.3) is 5.69 Å². The molecule has 0 saturated heterocycles. The minimum atomic E-state index is -0.454. The van der Waals surface area contributed by atoms with Crippen molar-refractivity contribution in [2.45, 2.75) is 27.2 Å². The molecule has 3 rings (SSSR count). The molecule has 5 heteroatoms. The molecule has 0 atom stereocenters. The smallest absolute Gasteiger partial charge is 0.271 e. The molecule has 0 saturated carbocycles. The van der Waals surface area contributed by atoms with Crippen molar-refractivity contribution in [3.8, 4) is 5.69 Å². The van der Waals surface area contributed by atoms with Crippen LogP contribution < -0.4 is 5.43 Å². The molecule has 0 radical (unpaired) electrons. The summed E-state index contributed by atoms with van der Waals surface area (Å²) in [6.45, 7) is 6.20. The van der Waals surface area contributed by atoms with Gasteiger partial charge < -0.3 is 4.57 Å². The molecule has 0 bridgehead atoms. The summed E-state index contributed by atoms with van der Waals surface area (Å²) in [5.74, 6) is -0.902. The van der Waals surface area contributed by atoms with Crippen molar-refractivity contribution in [2.75, 3.05) is 0 Å². The number of aryl methyl sites for hydroxylation is 2. The van der Waals surface area contributed by atoms with Crippen molar-refractivity contribution >= 4 is 12.1 Å². The van der Waals surface area contributed by atoms with Gasteiger partial charge in [-0.1, -0.05) is 31.2 Å². The number of para-hydroxylation sites is 1. The first kappa shape index (κ1) is 18.6. The lowest BCUT2D eigenvalue weighted by atomic mass is 10.1. The van der Waals surface area contributed by atoms with Crippen molar-refractivity contribution in [3.63, 3.8) is 0 Å². The summed E-state index contributed by atoms with van der Waals surface area (Å²) in [5, 5.41) is 4.04. The molecule has 0 aliphatic carbocycles. The SMILES string of the molecule is CCc1ccccc1-n1c(C)cc(/C=N\NC(=O)c2cccc(F)c2)c1C. The average molecular weight is 363 g/mol. The molecule has 0 aliphatic rings. The zero-order chi connectivity index (χ0) is 19.4. The van der Waals surface area contributed by atoms with Gasteiger partial charge in [0.05, 0.1) is 6.21 Å². The quantitative estimate of drug-likeness (QED) is 0.524. The maximum Gasteiger partial charge on any atom is 0.271 e. The number of rotatable bonds is 5. The fourth-order valence-corrected chi connectivity index (χ4v) is 3.17. The first-order valence-corrected chi connectivity index (χ1v) is 8.87. The highest BCUT2D eigenvalue weighted by molar-refractivity contribution is 5.95. The second-order valence-corrected chi connectivity index (χ2v) is 6.35. The number of benzene rings is 2. The van der Waals surface area contributed by atoms with Gasteiger partial charge in [-0.25, -0.2) is 9.82 Å².